The Balaban J connectivity index is 2.63. The maximum atomic E-state index is 12.2. The summed E-state index contributed by atoms with van der Waals surface area (Å²) in [5.41, 5.74) is 0.919. The van der Waals surface area contributed by atoms with Gasteiger partial charge in [0.25, 0.3) is 0 Å². The van der Waals surface area contributed by atoms with Crippen LogP contribution in [0.2, 0.25) is 0 Å². The molecule has 1 amide bonds. The molecule has 0 spiro atoms. The Morgan fingerprint density at radius 3 is 2.48 bits per heavy atom. The highest BCUT2D eigenvalue weighted by Crippen LogP contribution is 2.27. The highest BCUT2D eigenvalue weighted by Gasteiger charge is 2.34. The first kappa shape index (κ1) is 15.2. The molecule has 2 heterocycles. The van der Waals surface area contributed by atoms with Crippen molar-refractivity contribution in [1.82, 2.24) is 14.5 Å². The van der Waals surface area contributed by atoms with E-state index in [0.717, 1.165) is 0 Å². The number of carboxylic acid groups (broad SMARTS) is 1. The summed E-state index contributed by atoms with van der Waals surface area (Å²) in [7, 11) is 1.69. The van der Waals surface area contributed by atoms with Gasteiger partial charge in [-0.15, -0.1) is 0 Å². The Labute approximate surface area is 122 Å². The number of likely N-dealkylation sites (tertiary alicyclic amines) is 1. The number of aryl methyl sites for hydroxylation is 1. The van der Waals surface area contributed by atoms with Crippen molar-refractivity contribution in [2.24, 2.45) is 0 Å². The van der Waals surface area contributed by atoms with Crippen molar-refractivity contribution in [3.05, 3.63) is 27.4 Å². The molecule has 7 nitrogen and oxygen atoms in total. The Bertz CT molecular complexity index is 665. The Hall–Kier alpha value is -2.18. The number of carbonyl (C=O) groups excluding carboxylic acids is 1. The maximum Gasteiger partial charge on any atom is 0.348 e. The smallest absolute Gasteiger partial charge is 0.348 e. The number of carbonyl (C=O) groups is 2. The summed E-state index contributed by atoms with van der Waals surface area (Å²) in [5, 5.41) is 9.21. The molecular weight excluding hydrogens is 274 g/mol. The summed E-state index contributed by atoms with van der Waals surface area (Å²) in [6.45, 7) is 5.43. The first-order valence-corrected chi connectivity index (χ1v) is 6.83. The lowest BCUT2D eigenvalue weighted by Gasteiger charge is -2.21. The zero-order chi connectivity index (χ0) is 15.9. The van der Waals surface area contributed by atoms with Gasteiger partial charge in [0, 0.05) is 30.5 Å². The minimum atomic E-state index is -0.983. The lowest BCUT2D eigenvalue weighted by molar-refractivity contribution is -0.138. The molecule has 0 radical (unpaired) electrons. The highest BCUT2D eigenvalue weighted by atomic mass is 16.4. The predicted molar refractivity (Wildman–Crippen MR) is 75.3 cm³/mol. The van der Waals surface area contributed by atoms with E-state index in [0.29, 0.717) is 29.9 Å². The third-order valence-corrected chi connectivity index (χ3v) is 4.12. The Morgan fingerprint density at radius 2 is 2.00 bits per heavy atom. The minimum Gasteiger partial charge on any atom is -0.481 e. The van der Waals surface area contributed by atoms with E-state index in [2.05, 4.69) is 4.98 Å². The molecule has 0 aliphatic carbocycles. The first-order chi connectivity index (χ1) is 9.75. The molecule has 1 aliphatic heterocycles. The molecule has 7 heteroatoms. The maximum absolute atomic E-state index is 12.2. The van der Waals surface area contributed by atoms with Crippen LogP contribution in [0.1, 0.15) is 42.3 Å². The van der Waals surface area contributed by atoms with Crippen molar-refractivity contribution in [1.29, 1.82) is 0 Å². The molecule has 1 aromatic rings. The number of rotatable bonds is 3. The number of aliphatic carboxylic acids is 1. The van der Waals surface area contributed by atoms with E-state index in [4.69, 9.17) is 0 Å². The van der Waals surface area contributed by atoms with E-state index >= 15 is 0 Å². The fraction of sp³-hybridized carbons (Fsp3) is 0.571. The zero-order valence-corrected chi connectivity index (χ0v) is 12.6. The highest BCUT2D eigenvalue weighted by molar-refractivity contribution is 5.82. The molecule has 1 aliphatic rings. The number of carboxylic acids is 1. The van der Waals surface area contributed by atoms with E-state index in [1.165, 1.54) is 4.57 Å². The third-order valence-electron chi connectivity index (χ3n) is 4.12. The number of hydrogen-bond donors (Lipinski definition) is 1. The lowest BCUT2D eigenvalue weighted by atomic mass is 9.97. The fourth-order valence-corrected chi connectivity index (χ4v) is 2.95. The Morgan fingerprint density at radius 1 is 1.38 bits per heavy atom. The van der Waals surface area contributed by atoms with Crippen molar-refractivity contribution < 1.29 is 14.7 Å². The van der Waals surface area contributed by atoms with E-state index < -0.39 is 23.6 Å². The zero-order valence-electron chi connectivity index (χ0n) is 12.6. The van der Waals surface area contributed by atoms with E-state index in [1.54, 1.807) is 32.7 Å². The van der Waals surface area contributed by atoms with Gasteiger partial charge in [-0.2, -0.15) is 4.98 Å². The number of amides is 1. The quantitative estimate of drug-likeness (QED) is 0.873. The monoisotopic (exact) mass is 293 g/mol. The summed E-state index contributed by atoms with van der Waals surface area (Å²) < 4.78 is 1.34. The van der Waals surface area contributed by atoms with Crippen LogP contribution < -0.4 is 5.69 Å². The summed E-state index contributed by atoms with van der Waals surface area (Å²) in [5.74, 6) is -1.90. The predicted octanol–water partition coefficient (Wildman–Crippen LogP) is 0.451. The molecular formula is C14H19N3O4. The van der Waals surface area contributed by atoms with Crippen LogP contribution in [0.4, 0.5) is 0 Å². The molecule has 2 unspecified atom stereocenters. The molecule has 1 N–H and O–H groups in total. The van der Waals surface area contributed by atoms with Crippen LogP contribution in [-0.4, -0.2) is 45.0 Å². The van der Waals surface area contributed by atoms with Gasteiger partial charge in [0.05, 0.1) is 5.92 Å². The van der Waals surface area contributed by atoms with Crippen molar-refractivity contribution in [3.63, 3.8) is 0 Å². The summed E-state index contributed by atoms with van der Waals surface area (Å²) in [6.07, 6.45) is 0.529. The van der Waals surface area contributed by atoms with Crippen LogP contribution in [0.25, 0.3) is 0 Å². The van der Waals surface area contributed by atoms with E-state index in [1.807, 2.05) is 0 Å². The van der Waals surface area contributed by atoms with Crippen molar-refractivity contribution in [2.75, 3.05) is 13.6 Å². The number of likely N-dealkylation sites (N-methyl/N-ethyl adjacent to an activating group) is 1. The first-order valence-electron chi connectivity index (χ1n) is 6.83. The number of aromatic nitrogens is 2. The van der Waals surface area contributed by atoms with Crippen molar-refractivity contribution >= 4 is 11.9 Å². The average Bonchev–Trinajstić information content (AvgIpc) is 2.70. The van der Waals surface area contributed by atoms with Gasteiger partial charge < -0.3 is 10.0 Å². The van der Waals surface area contributed by atoms with Crippen LogP contribution >= 0.6 is 0 Å². The second-order valence-electron chi connectivity index (χ2n) is 5.47. The molecule has 0 saturated carbocycles. The normalized spacial score (nSPS) is 19.9. The van der Waals surface area contributed by atoms with Gasteiger partial charge in [-0.25, -0.2) is 4.79 Å². The average molecular weight is 293 g/mol. The third kappa shape index (κ3) is 2.43. The van der Waals surface area contributed by atoms with Crippen molar-refractivity contribution in [3.8, 4) is 0 Å². The van der Waals surface area contributed by atoms with Gasteiger partial charge in [0.15, 0.2) is 0 Å². The molecule has 21 heavy (non-hydrogen) atoms. The van der Waals surface area contributed by atoms with Crippen LogP contribution in [0, 0.1) is 13.8 Å². The number of hydrogen-bond acceptors (Lipinski definition) is 4. The SMILES string of the molecule is Cc1nc(=O)n(C2CCN(C)C2=O)c(C)c1C(C)C(=O)O. The van der Waals surface area contributed by atoms with E-state index in [-0.39, 0.29) is 5.91 Å². The summed E-state index contributed by atoms with van der Waals surface area (Å²) >= 11 is 0. The van der Waals surface area contributed by atoms with Gasteiger partial charge in [-0.3, -0.25) is 14.2 Å². The van der Waals surface area contributed by atoms with Crippen LogP contribution in [0.15, 0.2) is 4.79 Å². The molecule has 1 saturated heterocycles. The van der Waals surface area contributed by atoms with Crippen LogP contribution in [-0.2, 0) is 9.59 Å². The lowest BCUT2D eigenvalue weighted by Crippen LogP contribution is -2.35. The van der Waals surface area contributed by atoms with Crippen molar-refractivity contribution in [2.45, 2.75) is 39.2 Å². The minimum absolute atomic E-state index is 0.139. The largest absolute Gasteiger partial charge is 0.481 e. The Kier molecular flexibility index (Phi) is 3.85. The standard InChI is InChI=1S/C14H19N3O4/c1-7(13(19)20)11-8(2)15-14(21)17(9(11)3)10-5-6-16(4)12(10)18/h7,10H,5-6H2,1-4H3,(H,19,20). The van der Waals surface area contributed by atoms with Gasteiger partial charge >= 0.3 is 11.7 Å². The van der Waals surface area contributed by atoms with Gasteiger partial charge in [-0.05, 0) is 27.2 Å². The van der Waals surface area contributed by atoms with Crippen LogP contribution in [0.3, 0.4) is 0 Å². The fourth-order valence-electron chi connectivity index (χ4n) is 2.95. The van der Waals surface area contributed by atoms with E-state index in [9.17, 15) is 19.5 Å². The van der Waals surface area contributed by atoms with Gasteiger partial charge in [0.2, 0.25) is 5.91 Å². The molecule has 0 bridgehead atoms. The molecule has 0 aromatic carbocycles. The second-order valence-corrected chi connectivity index (χ2v) is 5.47. The molecule has 2 atom stereocenters. The summed E-state index contributed by atoms with van der Waals surface area (Å²) in [6, 6.07) is -0.588. The topological polar surface area (TPSA) is 92.5 Å². The molecule has 114 valence electrons. The van der Waals surface area contributed by atoms with Gasteiger partial charge in [-0.1, -0.05) is 0 Å². The molecule has 2 rings (SSSR count). The summed E-state index contributed by atoms with van der Waals surface area (Å²) in [4.78, 5) is 41.0. The molecule has 1 aromatic heterocycles. The second kappa shape index (κ2) is 5.31. The molecule has 1 fully saturated rings. The number of nitrogens with zero attached hydrogens (tertiary/aromatic N) is 3. The van der Waals surface area contributed by atoms with Gasteiger partial charge in [0.1, 0.15) is 6.04 Å². The van der Waals surface area contributed by atoms with Crippen LogP contribution in [0.5, 0.6) is 0 Å².